The monoisotopic (exact) mass is 333 g/mol. The molecule has 4 atom stereocenters. The Kier molecular flexibility index (Phi) is 5.16. The number of benzene rings is 1. The molecule has 2 fully saturated rings. The lowest BCUT2D eigenvalue weighted by Gasteiger charge is -2.39. The van der Waals surface area contributed by atoms with Crippen molar-refractivity contribution >= 4 is 11.9 Å². The van der Waals surface area contributed by atoms with Crippen molar-refractivity contribution in [2.45, 2.75) is 38.1 Å². The fraction of sp³-hybridized carbons (Fsp3) is 0.556. The maximum Gasteiger partial charge on any atom is 0.334 e. The third-order valence-corrected chi connectivity index (χ3v) is 4.62. The number of aliphatic carboxylic acids is 1. The highest BCUT2D eigenvalue weighted by Gasteiger charge is 2.39. The van der Waals surface area contributed by atoms with Crippen LogP contribution in [0, 0.1) is 5.92 Å². The zero-order valence-electron chi connectivity index (χ0n) is 13.8. The van der Waals surface area contributed by atoms with E-state index >= 15 is 0 Å². The smallest absolute Gasteiger partial charge is 0.334 e. The minimum absolute atomic E-state index is 0.0371. The van der Waals surface area contributed by atoms with Gasteiger partial charge in [0, 0.05) is 13.2 Å². The fourth-order valence-electron chi connectivity index (χ4n) is 3.51. The summed E-state index contributed by atoms with van der Waals surface area (Å²) in [5, 5.41) is 9.21. The fourth-order valence-corrected chi connectivity index (χ4v) is 3.51. The van der Waals surface area contributed by atoms with Gasteiger partial charge in [-0.3, -0.25) is 4.79 Å². The molecule has 3 unspecified atom stereocenters. The number of carboxylic acids is 1. The van der Waals surface area contributed by atoms with Gasteiger partial charge in [-0.2, -0.15) is 0 Å². The lowest BCUT2D eigenvalue weighted by molar-refractivity contribution is -0.170. The van der Waals surface area contributed by atoms with E-state index in [9.17, 15) is 14.7 Å². The van der Waals surface area contributed by atoms with E-state index in [1.165, 1.54) is 0 Å². The van der Waals surface area contributed by atoms with Gasteiger partial charge >= 0.3 is 5.97 Å². The molecule has 24 heavy (non-hydrogen) atoms. The van der Waals surface area contributed by atoms with Crippen LogP contribution in [0.5, 0.6) is 0 Å². The normalized spacial score (nSPS) is 30.8. The Morgan fingerprint density at radius 3 is 2.67 bits per heavy atom. The topological polar surface area (TPSA) is 76.1 Å². The van der Waals surface area contributed by atoms with Crippen LogP contribution < -0.4 is 0 Å². The number of carboxylic acid groups (broad SMARTS) is 1. The van der Waals surface area contributed by atoms with E-state index in [2.05, 4.69) is 0 Å². The number of rotatable bonds is 3. The summed E-state index contributed by atoms with van der Waals surface area (Å²) in [7, 11) is 0. The van der Waals surface area contributed by atoms with Crippen LogP contribution in [0.1, 0.15) is 31.4 Å². The van der Waals surface area contributed by atoms with Crippen molar-refractivity contribution in [3.8, 4) is 0 Å². The van der Waals surface area contributed by atoms with E-state index in [1.807, 2.05) is 30.3 Å². The molecule has 0 bridgehead atoms. The first-order chi connectivity index (χ1) is 11.6. The third kappa shape index (κ3) is 3.60. The predicted molar refractivity (Wildman–Crippen MR) is 86.4 cm³/mol. The Balaban J connectivity index is 1.77. The van der Waals surface area contributed by atoms with Crippen molar-refractivity contribution in [2.75, 3.05) is 19.7 Å². The second kappa shape index (κ2) is 7.32. The molecule has 2 aliphatic rings. The number of carbonyl (C=O) groups is 2. The Morgan fingerprint density at radius 1 is 1.21 bits per heavy atom. The van der Waals surface area contributed by atoms with Gasteiger partial charge in [0.25, 0.3) is 0 Å². The van der Waals surface area contributed by atoms with Crippen molar-refractivity contribution < 1.29 is 24.2 Å². The van der Waals surface area contributed by atoms with Crippen LogP contribution in [0.15, 0.2) is 30.3 Å². The molecule has 6 nitrogen and oxygen atoms in total. The van der Waals surface area contributed by atoms with Crippen LogP contribution in [0.25, 0.3) is 0 Å². The van der Waals surface area contributed by atoms with E-state index in [0.717, 1.165) is 18.4 Å². The minimum atomic E-state index is -1.03. The molecule has 130 valence electrons. The number of carbonyl (C=O) groups excluding carboxylic acids is 1. The zero-order chi connectivity index (χ0) is 17.1. The Bertz CT molecular complexity index is 590. The molecule has 6 heteroatoms. The van der Waals surface area contributed by atoms with Gasteiger partial charge in [0.15, 0.2) is 6.10 Å². The Hall–Kier alpha value is -1.92. The van der Waals surface area contributed by atoms with Crippen molar-refractivity contribution in [1.29, 1.82) is 0 Å². The average Bonchev–Trinajstić information content (AvgIpc) is 2.61. The van der Waals surface area contributed by atoms with Crippen molar-refractivity contribution in [3.63, 3.8) is 0 Å². The van der Waals surface area contributed by atoms with Gasteiger partial charge in [0.05, 0.1) is 24.7 Å². The standard InChI is InChI=1S/C18H23NO5/c1-12-10-19(11-15(24-12)18(21)22)17(20)14-8-5-9-23-16(14)13-6-3-2-4-7-13/h2-4,6-7,12,14-16H,5,8-11H2,1H3,(H,21,22)/t12-,14?,15?,16?/m1/s1. The van der Waals surface area contributed by atoms with E-state index in [1.54, 1.807) is 11.8 Å². The largest absolute Gasteiger partial charge is 0.479 e. The van der Waals surface area contributed by atoms with Crippen LogP contribution in [0.3, 0.4) is 0 Å². The summed E-state index contributed by atoms with van der Waals surface area (Å²) in [5.41, 5.74) is 0.992. The first-order valence-corrected chi connectivity index (χ1v) is 8.40. The highest BCUT2D eigenvalue weighted by atomic mass is 16.5. The molecule has 1 N–H and O–H groups in total. The van der Waals surface area contributed by atoms with E-state index in [-0.39, 0.29) is 30.6 Å². The first kappa shape index (κ1) is 16.9. The summed E-state index contributed by atoms with van der Waals surface area (Å²) in [5.74, 6) is -1.34. The summed E-state index contributed by atoms with van der Waals surface area (Å²) < 4.78 is 11.3. The number of morpholine rings is 1. The third-order valence-electron chi connectivity index (χ3n) is 4.62. The number of hydrogen-bond donors (Lipinski definition) is 1. The molecule has 0 radical (unpaired) electrons. The molecule has 3 rings (SSSR count). The van der Waals surface area contributed by atoms with Gasteiger partial charge in [-0.15, -0.1) is 0 Å². The summed E-state index contributed by atoms with van der Waals surface area (Å²) >= 11 is 0. The van der Waals surface area contributed by atoms with Crippen LogP contribution in [0.4, 0.5) is 0 Å². The molecule has 0 saturated carbocycles. The van der Waals surface area contributed by atoms with E-state index in [0.29, 0.717) is 13.2 Å². The molecular weight excluding hydrogens is 310 g/mol. The molecule has 0 aliphatic carbocycles. The zero-order valence-corrected chi connectivity index (χ0v) is 13.8. The lowest BCUT2D eigenvalue weighted by Crippen LogP contribution is -2.54. The van der Waals surface area contributed by atoms with E-state index < -0.39 is 12.1 Å². The maximum absolute atomic E-state index is 13.0. The molecule has 2 aliphatic heterocycles. The molecule has 1 amide bonds. The van der Waals surface area contributed by atoms with Gasteiger partial charge in [-0.1, -0.05) is 30.3 Å². The quantitative estimate of drug-likeness (QED) is 0.914. The van der Waals surface area contributed by atoms with Gasteiger partial charge in [-0.05, 0) is 25.3 Å². The summed E-state index contributed by atoms with van der Waals surface area (Å²) in [6, 6.07) is 9.75. The molecule has 1 aromatic rings. The van der Waals surface area contributed by atoms with E-state index in [4.69, 9.17) is 9.47 Å². The number of hydrogen-bond acceptors (Lipinski definition) is 4. The van der Waals surface area contributed by atoms with Crippen LogP contribution >= 0.6 is 0 Å². The number of ether oxygens (including phenoxy) is 2. The van der Waals surface area contributed by atoms with Crippen LogP contribution in [-0.2, 0) is 19.1 Å². The number of amides is 1. The summed E-state index contributed by atoms with van der Waals surface area (Å²) in [6.45, 7) is 2.94. The van der Waals surface area contributed by atoms with Gasteiger partial charge in [0.1, 0.15) is 0 Å². The second-order valence-electron chi connectivity index (χ2n) is 6.47. The van der Waals surface area contributed by atoms with Crippen molar-refractivity contribution in [3.05, 3.63) is 35.9 Å². The summed E-state index contributed by atoms with van der Waals surface area (Å²) in [4.78, 5) is 25.9. The van der Waals surface area contributed by atoms with Crippen LogP contribution in [-0.4, -0.2) is 53.8 Å². The lowest BCUT2D eigenvalue weighted by atomic mass is 9.88. The molecule has 0 aromatic heterocycles. The Morgan fingerprint density at radius 2 is 1.96 bits per heavy atom. The van der Waals surface area contributed by atoms with Crippen molar-refractivity contribution in [1.82, 2.24) is 4.90 Å². The summed E-state index contributed by atoms with van der Waals surface area (Å²) in [6.07, 6.45) is 0.0684. The highest BCUT2D eigenvalue weighted by molar-refractivity contribution is 5.81. The van der Waals surface area contributed by atoms with Gasteiger partial charge in [0.2, 0.25) is 5.91 Å². The molecule has 0 spiro atoms. The molecule has 1 aromatic carbocycles. The van der Waals surface area contributed by atoms with Gasteiger partial charge in [-0.25, -0.2) is 4.79 Å². The van der Waals surface area contributed by atoms with Crippen LogP contribution in [0.2, 0.25) is 0 Å². The maximum atomic E-state index is 13.0. The minimum Gasteiger partial charge on any atom is -0.479 e. The first-order valence-electron chi connectivity index (χ1n) is 8.40. The van der Waals surface area contributed by atoms with Gasteiger partial charge < -0.3 is 19.5 Å². The highest BCUT2D eigenvalue weighted by Crippen LogP contribution is 2.35. The average molecular weight is 333 g/mol. The van der Waals surface area contributed by atoms with Crippen molar-refractivity contribution in [2.24, 2.45) is 5.92 Å². The molecule has 2 saturated heterocycles. The molecular formula is C18H23NO5. The number of nitrogens with zero attached hydrogens (tertiary/aromatic N) is 1. The second-order valence-corrected chi connectivity index (χ2v) is 6.47. The molecule has 2 heterocycles. The SMILES string of the molecule is C[C@@H]1CN(C(=O)C2CCCOC2c2ccccc2)CC(C(=O)O)O1. The Labute approximate surface area is 141 Å². The predicted octanol–water partition coefficient (Wildman–Crippen LogP) is 1.85.